The molecule has 0 saturated carbocycles. The number of fused-ring (bicyclic) bond motifs is 1. The van der Waals surface area contributed by atoms with Crippen molar-refractivity contribution < 1.29 is 14.6 Å². The maximum atomic E-state index is 10.8. The lowest BCUT2D eigenvalue weighted by Crippen LogP contribution is -2.49. The maximum absolute atomic E-state index is 10.8. The number of piperidine rings is 1. The molecule has 3 aromatic rings. The molecule has 1 spiro atoms. The summed E-state index contributed by atoms with van der Waals surface area (Å²) in [6.07, 6.45) is 5.77. The van der Waals surface area contributed by atoms with E-state index in [1.54, 1.807) is 6.20 Å². The number of hydrogen-bond donors (Lipinski definition) is 1. The number of carboxylic acids is 1. The summed E-state index contributed by atoms with van der Waals surface area (Å²) < 4.78 is 6.51. The number of benzene rings is 1. The number of nitrogens with zero attached hydrogens (tertiary/aromatic N) is 6. The van der Waals surface area contributed by atoms with Gasteiger partial charge < -0.3 is 14.7 Å². The van der Waals surface area contributed by atoms with E-state index in [-0.39, 0.29) is 12.1 Å². The van der Waals surface area contributed by atoms with E-state index in [4.69, 9.17) is 9.84 Å². The fourth-order valence-electron chi connectivity index (χ4n) is 4.23. The van der Waals surface area contributed by atoms with Gasteiger partial charge in [-0.05, 0) is 42.2 Å². The van der Waals surface area contributed by atoms with Crippen LogP contribution < -0.4 is 9.64 Å². The molecule has 1 N–H and O–H groups in total. The highest BCUT2D eigenvalue weighted by Gasteiger charge is 2.40. The quantitative estimate of drug-likeness (QED) is 0.635. The van der Waals surface area contributed by atoms with E-state index >= 15 is 0 Å². The Morgan fingerprint density at radius 3 is 2.78 bits per heavy atom. The summed E-state index contributed by atoms with van der Waals surface area (Å²) in [7, 11) is 0. The zero-order chi connectivity index (χ0) is 22.7. The molecule has 0 unspecified atom stereocenters. The predicted molar refractivity (Wildman–Crippen MR) is 122 cm³/mol. The molecule has 170 valence electrons. The Morgan fingerprint density at radius 1 is 1.25 bits per heavy atom. The Hall–Kier alpha value is -3.01. The van der Waals surface area contributed by atoms with Gasteiger partial charge in [0.05, 0.1) is 11.1 Å². The van der Waals surface area contributed by atoms with Gasteiger partial charge in [-0.25, -0.2) is 4.98 Å². The topological polar surface area (TPSA) is 106 Å². The minimum absolute atomic E-state index is 0.0849. The fourth-order valence-corrected chi connectivity index (χ4v) is 5.12. The molecular formula is C22H28N6O3S. The lowest BCUT2D eigenvalue weighted by molar-refractivity contribution is -0.138. The first-order valence-electron chi connectivity index (χ1n) is 11.0. The van der Waals surface area contributed by atoms with Gasteiger partial charge in [-0.2, -0.15) is 4.80 Å². The minimum atomic E-state index is -1.01. The Kier molecular flexibility index (Phi) is 6.40. The van der Waals surface area contributed by atoms with Crippen LogP contribution in [0.25, 0.3) is 10.7 Å². The molecule has 4 heterocycles. The summed E-state index contributed by atoms with van der Waals surface area (Å²) in [5.41, 5.74) is 2.57. The van der Waals surface area contributed by atoms with Crippen molar-refractivity contribution in [3.63, 3.8) is 0 Å². The number of aliphatic carboxylic acids is 1. The zero-order valence-corrected chi connectivity index (χ0v) is 19.4. The summed E-state index contributed by atoms with van der Waals surface area (Å²) in [6, 6.07) is 6.31. The third-order valence-corrected chi connectivity index (χ3v) is 6.97. The lowest BCUT2D eigenvalue weighted by atomic mass is 9.82. The fraction of sp³-hybridized carbons (Fsp3) is 0.500. The molecule has 32 heavy (non-hydrogen) atoms. The van der Waals surface area contributed by atoms with Crippen LogP contribution in [-0.4, -0.2) is 55.0 Å². The van der Waals surface area contributed by atoms with E-state index in [0.29, 0.717) is 5.82 Å². The summed E-state index contributed by atoms with van der Waals surface area (Å²) in [6.45, 7) is 7.61. The number of aryl methyl sites for hydroxylation is 1. The van der Waals surface area contributed by atoms with E-state index in [1.165, 1.54) is 22.5 Å². The van der Waals surface area contributed by atoms with Crippen molar-refractivity contribution in [3.8, 4) is 16.5 Å². The van der Waals surface area contributed by atoms with Crippen molar-refractivity contribution >= 4 is 22.4 Å². The Labute approximate surface area is 191 Å². The average molecular weight is 457 g/mol. The molecule has 10 heteroatoms. The van der Waals surface area contributed by atoms with Gasteiger partial charge in [0.15, 0.2) is 11.7 Å². The highest BCUT2D eigenvalue weighted by Crippen LogP contribution is 2.41. The zero-order valence-electron chi connectivity index (χ0n) is 18.6. The van der Waals surface area contributed by atoms with E-state index in [1.807, 2.05) is 13.8 Å². The summed E-state index contributed by atoms with van der Waals surface area (Å²) >= 11 is 1.50. The number of carbonyl (C=O) groups is 1. The van der Waals surface area contributed by atoms with Gasteiger partial charge in [0.1, 0.15) is 11.4 Å². The van der Waals surface area contributed by atoms with Gasteiger partial charge in [0.25, 0.3) is 0 Å². The molecule has 0 bridgehead atoms. The Bertz CT molecular complexity index is 1090. The molecule has 1 aromatic carbocycles. The van der Waals surface area contributed by atoms with Crippen LogP contribution in [0.2, 0.25) is 0 Å². The van der Waals surface area contributed by atoms with Crippen LogP contribution in [0, 0.1) is 6.92 Å². The van der Waals surface area contributed by atoms with Crippen LogP contribution >= 0.6 is 11.3 Å². The molecule has 1 fully saturated rings. The standard InChI is InChI=1S/C20H22N6O3S.C2H6/c1-13-3-2-4-15-14(13)5-6-20(29-15)7-9-25(10-8-20)19-21-11-16(30-19)18-22-24-26(23-18)12-17(27)28;1-2/h2-4,11H,5-10,12H2,1H3,(H,27,28);1-2H3. The number of carboxylic acid groups (broad SMARTS) is 1. The van der Waals surface area contributed by atoms with Gasteiger partial charge >= 0.3 is 5.97 Å². The van der Waals surface area contributed by atoms with Crippen LogP contribution in [0.15, 0.2) is 24.4 Å². The van der Waals surface area contributed by atoms with Gasteiger partial charge in [0, 0.05) is 25.9 Å². The summed E-state index contributed by atoms with van der Waals surface area (Å²) in [5, 5.41) is 21.6. The lowest BCUT2D eigenvalue weighted by Gasteiger charge is -2.44. The second-order valence-corrected chi connectivity index (χ2v) is 8.88. The Morgan fingerprint density at radius 2 is 2.03 bits per heavy atom. The summed E-state index contributed by atoms with van der Waals surface area (Å²) in [5.74, 6) is 0.437. The minimum Gasteiger partial charge on any atom is -0.487 e. The van der Waals surface area contributed by atoms with Crippen LogP contribution in [0.5, 0.6) is 5.75 Å². The number of aromatic nitrogens is 5. The number of hydrogen-bond acceptors (Lipinski definition) is 8. The third kappa shape index (κ3) is 4.45. The SMILES string of the molecule is CC.Cc1cccc2c1CCC1(CCN(c3ncc(-c4nnn(CC(=O)O)n4)s3)CC1)O2. The van der Waals surface area contributed by atoms with Crippen molar-refractivity contribution in [2.24, 2.45) is 0 Å². The van der Waals surface area contributed by atoms with E-state index in [2.05, 4.69) is 50.4 Å². The van der Waals surface area contributed by atoms with Gasteiger partial charge in [-0.3, -0.25) is 4.79 Å². The molecule has 2 aliphatic rings. The van der Waals surface area contributed by atoms with E-state index in [0.717, 1.165) is 59.3 Å². The van der Waals surface area contributed by atoms with Crippen LogP contribution in [-0.2, 0) is 17.8 Å². The van der Waals surface area contributed by atoms with Gasteiger partial charge in [-0.15, -0.1) is 10.2 Å². The molecule has 5 rings (SSSR count). The number of thiazole rings is 1. The first kappa shape index (κ1) is 22.2. The monoisotopic (exact) mass is 456 g/mol. The molecule has 0 atom stereocenters. The maximum Gasteiger partial charge on any atom is 0.327 e. The van der Waals surface area contributed by atoms with Gasteiger partial charge in [0.2, 0.25) is 5.82 Å². The van der Waals surface area contributed by atoms with Crippen molar-refractivity contribution in [2.45, 2.75) is 58.6 Å². The number of anilines is 1. The molecule has 2 aromatic heterocycles. The highest BCUT2D eigenvalue weighted by molar-refractivity contribution is 7.18. The summed E-state index contributed by atoms with van der Waals surface area (Å²) in [4.78, 5) is 19.4. The van der Waals surface area contributed by atoms with Crippen molar-refractivity contribution in [1.82, 2.24) is 25.2 Å². The second kappa shape index (κ2) is 9.23. The van der Waals surface area contributed by atoms with Crippen LogP contribution in [0.3, 0.4) is 0 Å². The molecule has 2 aliphatic heterocycles. The van der Waals surface area contributed by atoms with Crippen molar-refractivity contribution in [2.75, 3.05) is 18.0 Å². The first-order chi connectivity index (χ1) is 15.5. The number of tetrazole rings is 1. The van der Waals surface area contributed by atoms with Crippen molar-refractivity contribution in [1.29, 1.82) is 0 Å². The Balaban J connectivity index is 0.00000119. The molecule has 1 saturated heterocycles. The van der Waals surface area contributed by atoms with E-state index < -0.39 is 5.97 Å². The molecule has 9 nitrogen and oxygen atoms in total. The molecular weight excluding hydrogens is 428 g/mol. The first-order valence-corrected chi connectivity index (χ1v) is 11.8. The predicted octanol–water partition coefficient (Wildman–Crippen LogP) is 3.58. The molecule has 0 radical (unpaired) electrons. The molecule has 0 aliphatic carbocycles. The largest absolute Gasteiger partial charge is 0.487 e. The van der Waals surface area contributed by atoms with Crippen LogP contribution in [0.4, 0.5) is 5.13 Å². The second-order valence-electron chi connectivity index (χ2n) is 7.87. The van der Waals surface area contributed by atoms with Gasteiger partial charge in [-0.1, -0.05) is 37.3 Å². The normalized spacial score (nSPS) is 16.7. The number of rotatable bonds is 4. The third-order valence-electron chi connectivity index (χ3n) is 5.91. The van der Waals surface area contributed by atoms with E-state index in [9.17, 15) is 4.79 Å². The smallest absolute Gasteiger partial charge is 0.327 e. The molecule has 0 amide bonds. The van der Waals surface area contributed by atoms with Crippen LogP contribution in [0.1, 0.15) is 44.2 Å². The number of ether oxygens (including phenoxy) is 1. The average Bonchev–Trinajstić information content (AvgIpc) is 3.45. The van der Waals surface area contributed by atoms with Crippen molar-refractivity contribution in [3.05, 3.63) is 35.5 Å². The highest BCUT2D eigenvalue weighted by atomic mass is 32.1.